The van der Waals surface area contributed by atoms with Gasteiger partial charge >= 0.3 is 6.18 Å². The van der Waals surface area contributed by atoms with Crippen molar-refractivity contribution in [1.29, 1.82) is 0 Å². The number of halogens is 5. The summed E-state index contributed by atoms with van der Waals surface area (Å²) in [7, 11) is 0. The molecule has 32 heavy (non-hydrogen) atoms. The van der Waals surface area contributed by atoms with Gasteiger partial charge in [0.25, 0.3) is 11.8 Å². The van der Waals surface area contributed by atoms with Crippen LogP contribution in [0.25, 0.3) is 0 Å². The van der Waals surface area contributed by atoms with Gasteiger partial charge in [-0.2, -0.15) is 18.2 Å². The fourth-order valence-electron chi connectivity index (χ4n) is 2.86. The largest absolute Gasteiger partial charge is 0.483 e. The second kappa shape index (κ2) is 8.83. The number of nitrogens with one attached hydrogen (secondary N) is 2. The summed E-state index contributed by atoms with van der Waals surface area (Å²) >= 11 is 9.22. The van der Waals surface area contributed by atoms with Crippen LogP contribution in [0.15, 0.2) is 47.2 Å². The SMILES string of the molecule is O=C(Nc1cc(Br)cc(C(F)(F)F)c1)c1ccc(Cl)c(Oc2ncnc3c2OCCN3)c1. The normalized spacial score (nSPS) is 12.9. The average Bonchev–Trinajstić information content (AvgIpc) is 2.74. The second-order valence-corrected chi connectivity index (χ2v) is 7.88. The van der Waals surface area contributed by atoms with Crippen molar-refractivity contribution in [3.05, 3.63) is 63.3 Å². The fraction of sp³-hybridized carbons (Fsp3) is 0.150. The Labute approximate surface area is 193 Å². The van der Waals surface area contributed by atoms with Crippen LogP contribution in [0.5, 0.6) is 17.4 Å². The maximum Gasteiger partial charge on any atom is 0.416 e. The van der Waals surface area contributed by atoms with Crippen molar-refractivity contribution < 1.29 is 27.4 Å². The molecule has 2 aromatic carbocycles. The van der Waals surface area contributed by atoms with Crippen molar-refractivity contribution in [2.24, 2.45) is 0 Å². The first-order chi connectivity index (χ1) is 15.2. The number of benzene rings is 2. The van der Waals surface area contributed by atoms with Gasteiger partial charge in [0.05, 0.1) is 17.1 Å². The monoisotopic (exact) mass is 528 g/mol. The Morgan fingerprint density at radius 1 is 1.22 bits per heavy atom. The molecule has 0 bridgehead atoms. The lowest BCUT2D eigenvalue weighted by Gasteiger charge is -2.19. The van der Waals surface area contributed by atoms with E-state index in [1.54, 1.807) is 0 Å². The molecule has 3 aromatic rings. The Kier molecular flexibility index (Phi) is 6.11. The first kappa shape index (κ1) is 22.2. The van der Waals surface area contributed by atoms with Gasteiger partial charge in [0.2, 0.25) is 5.75 Å². The van der Waals surface area contributed by atoms with Crippen molar-refractivity contribution in [3.8, 4) is 17.4 Å². The number of fused-ring (bicyclic) bond motifs is 1. The summed E-state index contributed by atoms with van der Waals surface area (Å²) in [5, 5.41) is 5.68. The number of carbonyl (C=O) groups is 1. The van der Waals surface area contributed by atoms with Crippen LogP contribution in [0.2, 0.25) is 5.02 Å². The Hall–Kier alpha value is -3.05. The number of hydrogen-bond donors (Lipinski definition) is 2. The van der Waals surface area contributed by atoms with Gasteiger partial charge in [0, 0.05) is 15.7 Å². The van der Waals surface area contributed by atoms with Crippen LogP contribution in [-0.2, 0) is 6.18 Å². The molecule has 1 amide bonds. The molecular weight excluding hydrogens is 517 g/mol. The topological polar surface area (TPSA) is 85.4 Å². The van der Waals surface area contributed by atoms with Crippen LogP contribution in [-0.4, -0.2) is 29.0 Å². The zero-order valence-corrected chi connectivity index (χ0v) is 18.3. The van der Waals surface area contributed by atoms with E-state index in [-0.39, 0.29) is 32.4 Å². The lowest BCUT2D eigenvalue weighted by atomic mass is 10.1. The number of alkyl halides is 3. The van der Waals surface area contributed by atoms with Crippen molar-refractivity contribution in [2.75, 3.05) is 23.8 Å². The third kappa shape index (κ3) is 4.89. The lowest BCUT2D eigenvalue weighted by molar-refractivity contribution is -0.137. The molecule has 0 saturated carbocycles. The number of hydrogen-bond acceptors (Lipinski definition) is 6. The van der Waals surface area contributed by atoms with E-state index in [4.69, 9.17) is 21.1 Å². The van der Waals surface area contributed by atoms with E-state index in [1.165, 1.54) is 30.6 Å². The molecule has 1 aliphatic heterocycles. The number of ether oxygens (including phenoxy) is 2. The molecule has 166 valence electrons. The van der Waals surface area contributed by atoms with E-state index < -0.39 is 17.6 Å². The number of anilines is 2. The first-order valence-corrected chi connectivity index (χ1v) is 10.3. The molecule has 0 atom stereocenters. The molecule has 4 rings (SSSR count). The predicted octanol–water partition coefficient (Wildman–Crippen LogP) is 5.76. The summed E-state index contributed by atoms with van der Waals surface area (Å²) in [6.07, 6.45) is -3.27. The Morgan fingerprint density at radius 3 is 2.81 bits per heavy atom. The summed E-state index contributed by atoms with van der Waals surface area (Å²) in [4.78, 5) is 20.8. The minimum Gasteiger partial charge on any atom is -0.483 e. The fourth-order valence-corrected chi connectivity index (χ4v) is 3.51. The highest BCUT2D eigenvalue weighted by molar-refractivity contribution is 9.10. The van der Waals surface area contributed by atoms with Crippen LogP contribution in [0, 0.1) is 0 Å². The van der Waals surface area contributed by atoms with Crippen LogP contribution < -0.4 is 20.1 Å². The Balaban J connectivity index is 1.58. The molecule has 0 saturated heterocycles. The van der Waals surface area contributed by atoms with Gasteiger partial charge in [-0.25, -0.2) is 4.98 Å². The third-order valence-corrected chi connectivity index (χ3v) is 5.07. The molecule has 2 heterocycles. The molecule has 0 radical (unpaired) electrons. The van der Waals surface area contributed by atoms with E-state index in [0.29, 0.717) is 24.7 Å². The minimum atomic E-state index is -4.56. The molecular formula is C20H13BrClF3N4O3. The number of carbonyl (C=O) groups excluding carboxylic acids is 1. The van der Waals surface area contributed by atoms with Crippen LogP contribution >= 0.6 is 27.5 Å². The number of nitrogens with zero attached hydrogens (tertiary/aromatic N) is 2. The van der Waals surface area contributed by atoms with Gasteiger partial charge in [-0.05, 0) is 36.4 Å². The van der Waals surface area contributed by atoms with E-state index in [2.05, 4.69) is 36.5 Å². The van der Waals surface area contributed by atoms with E-state index in [9.17, 15) is 18.0 Å². The maximum absolute atomic E-state index is 13.0. The van der Waals surface area contributed by atoms with Crippen molar-refractivity contribution in [1.82, 2.24) is 9.97 Å². The minimum absolute atomic E-state index is 0.0292. The number of rotatable bonds is 4. The van der Waals surface area contributed by atoms with E-state index in [0.717, 1.165) is 12.1 Å². The third-order valence-electron chi connectivity index (χ3n) is 4.30. The molecule has 12 heteroatoms. The molecule has 1 aliphatic rings. The van der Waals surface area contributed by atoms with Crippen LogP contribution in [0.4, 0.5) is 24.7 Å². The Bertz CT molecular complexity index is 1190. The van der Waals surface area contributed by atoms with Gasteiger partial charge in [0.15, 0.2) is 5.82 Å². The highest BCUT2D eigenvalue weighted by Gasteiger charge is 2.31. The van der Waals surface area contributed by atoms with E-state index >= 15 is 0 Å². The highest BCUT2D eigenvalue weighted by Crippen LogP contribution is 2.38. The van der Waals surface area contributed by atoms with Crippen molar-refractivity contribution >= 4 is 44.9 Å². The summed E-state index contributed by atoms with van der Waals surface area (Å²) in [6, 6.07) is 7.32. The van der Waals surface area contributed by atoms with Gasteiger partial charge < -0.3 is 20.1 Å². The van der Waals surface area contributed by atoms with Crippen molar-refractivity contribution in [3.63, 3.8) is 0 Å². The smallest absolute Gasteiger partial charge is 0.416 e. The molecule has 2 N–H and O–H groups in total. The standard InChI is InChI=1S/C20H13BrClF3N4O3/c21-12-6-11(20(23,24)25)7-13(8-12)29-18(30)10-1-2-14(22)15(5-10)32-19-16-17(27-9-28-19)26-3-4-31-16/h1-2,5-9H,3-4H2,(H,29,30)(H,26,27,28). The van der Waals surface area contributed by atoms with Gasteiger partial charge in [-0.1, -0.05) is 27.5 Å². The molecule has 1 aromatic heterocycles. The summed E-state index contributed by atoms with van der Waals surface area (Å²) < 4.78 is 50.6. The van der Waals surface area contributed by atoms with E-state index in [1.807, 2.05) is 0 Å². The van der Waals surface area contributed by atoms with Gasteiger partial charge in [0.1, 0.15) is 18.7 Å². The predicted molar refractivity (Wildman–Crippen MR) is 115 cm³/mol. The Morgan fingerprint density at radius 2 is 2.03 bits per heavy atom. The first-order valence-electron chi connectivity index (χ1n) is 9.09. The lowest BCUT2D eigenvalue weighted by Crippen LogP contribution is -2.19. The molecule has 0 fully saturated rings. The van der Waals surface area contributed by atoms with Crippen molar-refractivity contribution in [2.45, 2.75) is 6.18 Å². The van der Waals surface area contributed by atoms with Gasteiger partial charge in [-0.15, -0.1) is 0 Å². The number of amides is 1. The summed E-state index contributed by atoms with van der Waals surface area (Å²) in [5.74, 6) is 0.323. The number of aromatic nitrogens is 2. The maximum atomic E-state index is 13.0. The second-order valence-electron chi connectivity index (χ2n) is 6.56. The molecule has 0 spiro atoms. The molecule has 7 nitrogen and oxygen atoms in total. The zero-order chi connectivity index (χ0) is 22.9. The summed E-state index contributed by atoms with van der Waals surface area (Å²) in [5.41, 5.74) is -0.817. The highest BCUT2D eigenvalue weighted by atomic mass is 79.9. The average molecular weight is 530 g/mol. The van der Waals surface area contributed by atoms with Crippen LogP contribution in [0.1, 0.15) is 15.9 Å². The molecule has 0 unspecified atom stereocenters. The summed E-state index contributed by atoms with van der Waals surface area (Å²) in [6.45, 7) is 0.963. The zero-order valence-electron chi connectivity index (χ0n) is 16.0. The molecule has 0 aliphatic carbocycles. The van der Waals surface area contributed by atoms with Crippen LogP contribution in [0.3, 0.4) is 0 Å². The quantitative estimate of drug-likeness (QED) is 0.447. The van der Waals surface area contributed by atoms with Gasteiger partial charge in [-0.3, -0.25) is 4.79 Å².